The highest BCUT2D eigenvalue weighted by molar-refractivity contribution is 9.10. The van der Waals surface area contributed by atoms with Crippen molar-refractivity contribution in [2.24, 2.45) is 0 Å². The highest BCUT2D eigenvalue weighted by atomic mass is 79.9. The van der Waals surface area contributed by atoms with E-state index in [4.69, 9.17) is 10.5 Å². The van der Waals surface area contributed by atoms with Crippen LogP contribution in [0.1, 0.15) is 15.9 Å². The highest BCUT2D eigenvalue weighted by Crippen LogP contribution is 2.27. The maximum absolute atomic E-state index is 12.5. The van der Waals surface area contributed by atoms with Crippen LogP contribution in [0.3, 0.4) is 0 Å². The summed E-state index contributed by atoms with van der Waals surface area (Å²) in [7, 11) is 3.27. The number of hydrogen-bond donors (Lipinski definition) is 1. The molecule has 0 saturated carbocycles. The third-order valence-corrected chi connectivity index (χ3v) is 3.69. The maximum atomic E-state index is 12.5. The predicted octanol–water partition coefficient (Wildman–Crippen LogP) is 3.31. The molecule has 0 atom stereocenters. The average molecular weight is 349 g/mol. The number of benzene rings is 2. The van der Waals surface area contributed by atoms with Crippen LogP contribution in [0.2, 0.25) is 0 Å². The van der Waals surface area contributed by atoms with Crippen molar-refractivity contribution in [1.29, 1.82) is 0 Å². The Kier molecular flexibility index (Phi) is 4.85. The Balaban J connectivity index is 2.19. The van der Waals surface area contributed by atoms with Gasteiger partial charge in [-0.3, -0.25) is 4.79 Å². The SMILES string of the molecule is COc1c(N)cccc1C(=O)N(C)Cc1ccc(Br)cc1. The van der Waals surface area contributed by atoms with Crippen LogP contribution in [-0.2, 0) is 6.54 Å². The van der Waals surface area contributed by atoms with E-state index < -0.39 is 0 Å². The van der Waals surface area contributed by atoms with Crippen molar-refractivity contribution in [3.05, 3.63) is 58.1 Å². The zero-order valence-corrected chi connectivity index (χ0v) is 13.6. The average Bonchev–Trinajstić information content (AvgIpc) is 2.48. The summed E-state index contributed by atoms with van der Waals surface area (Å²) < 4.78 is 6.25. The summed E-state index contributed by atoms with van der Waals surface area (Å²) in [5.41, 5.74) is 7.82. The smallest absolute Gasteiger partial charge is 0.257 e. The summed E-state index contributed by atoms with van der Waals surface area (Å²) in [6, 6.07) is 13.0. The summed E-state index contributed by atoms with van der Waals surface area (Å²) in [6.07, 6.45) is 0. The molecule has 0 bridgehead atoms. The molecule has 110 valence electrons. The molecule has 0 aliphatic heterocycles. The molecule has 0 heterocycles. The van der Waals surface area contributed by atoms with E-state index in [0.29, 0.717) is 23.5 Å². The van der Waals surface area contributed by atoms with Crippen LogP contribution in [0.4, 0.5) is 5.69 Å². The predicted molar refractivity (Wildman–Crippen MR) is 87.3 cm³/mol. The van der Waals surface area contributed by atoms with Gasteiger partial charge in [0.2, 0.25) is 0 Å². The Bertz CT molecular complexity index is 641. The summed E-state index contributed by atoms with van der Waals surface area (Å²) >= 11 is 3.39. The molecule has 2 aromatic rings. The van der Waals surface area contributed by atoms with Gasteiger partial charge < -0.3 is 15.4 Å². The summed E-state index contributed by atoms with van der Waals surface area (Å²) in [4.78, 5) is 14.2. The van der Waals surface area contributed by atoms with Crippen molar-refractivity contribution in [3.8, 4) is 5.75 Å². The van der Waals surface area contributed by atoms with Crippen LogP contribution in [0, 0.1) is 0 Å². The van der Waals surface area contributed by atoms with Crippen molar-refractivity contribution in [2.45, 2.75) is 6.54 Å². The molecule has 0 fully saturated rings. The molecule has 0 spiro atoms. The van der Waals surface area contributed by atoms with Gasteiger partial charge >= 0.3 is 0 Å². The summed E-state index contributed by atoms with van der Waals surface area (Å²) in [5, 5.41) is 0. The number of hydrogen-bond acceptors (Lipinski definition) is 3. The number of carbonyl (C=O) groups excluding carboxylic acids is 1. The van der Waals surface area contributed by atoms with Crippen molar-refractivity contribution in [3.63, 3.8) is 0 Å². The molecule has 0 aromatic heterocycles. The molecule has 0 unspecified atom stereocenters. The third kappa shape index (κ3) is 3.55. The Hall–Kier alpha value is -2.01. The molecule has 0 saturated heterocycles. The number of para-hydroxylation sites is 1. The first-order chi connectivity index (χ1) is 10.0. The fourth-order valence-corrected chi connectivity index (χ4v) is 2.36. The van der Waals surface area contributed by atoms with E-state index in [1.54, 1.807) is 30.1 Å². The fourth-order valence-electron chi connectivity index (χ4n) is 2.09. The van der Waals surface area contributed by atoms with Crippen molar-refractivity contribution >= 4 is 27.5 Å². The first-order valence-electron chi connectivity index (χ1n) is 6.45. The topological polar surface area (TPSA) is 55.6 Å². The lowest BCUT2D eigenvalue weighted by molar-refractivity contribution is 0.0782. The lowest BCUT2D eigenvalue weighted by atomic mass is 10.1. The molecule has 2 rings (SSSR count). The molecular weight excluding hydrogens is 332 g/mol. The number of methoxy groups -OCH3 is 1. The van der Waals surface area contributed by atoms with E-state index in [0.717, 1.165) is 10.0 Å². The van der Waals surface area contributed by atoms with Crippen molar-refractivity contribution in [2.75, 3.05) is 19.9 Å². The van der Waals surface area contributed by atoms with E-state index in [1.165, 1.54) is 7.11 Å². The minimum atomic E-state index is -0.123. The second kappa shape index (κ2) is 6.63. The molecule has 1 amide bonds. The molecule has 21 heavy (non-hydrogen) atoms. The third-order valence-electron chi connectivity index (χ3n) is 3.16. The van der Waals surface area contributed by atoms with Gasteiger partial charge in [-0.15, -0.1) is 0 Å². The number of anilines is 1. The number of ether oxygens (including phenoxy) is 1. The van der Waals surface area contributed by atoms with E-state index >= 15 is 0 Å². The molecule has 0 aliphatic rings. The van der Waals surface area contributed by atoms with Crippen LogP contribution in [-0.4, -0.2) is 25.0 Å². The standard InChI is InChI=1S/C16H17BrN2O2/c1-19(10-11-6-8-12(17)9-7-11)16(20)13-4-3-5-14(18)15(13)21-2/h3-9H,10,18H2,1-2H3. The first-order valence-corrected chi connectivity index (χ1v) is 7.24. The number of nitrogens with two attached hydrogens (primary N) is 1. The van der Waals surface area contributed by atoms with Gasteiger partial charge in [0.15, 0.2) is 5.75 Å². The zero-order chi connectivity index (χ0) is 15.4. The molecule has 0 radical (unpaired) electrons. The summed E-state index contributed by atoms with van der Waals surface area (Å²) in [6.45, 7) is 0.518. The number of nitrogen functional groups attached to an aromatic ring is 1. The lowest BCUT2D eigenvalue weighted by Crippen LogP contribution is -2.26. The molecule has 2 N–H and O–H groups in total. The van der Waals surface area contributed by atoms with Gasteiger partial charge in [0, 0.05) is 18.1 Å². The van der Waals surface area contributed by atoms with Crippen molar-refractivity contribution < 1.29 is 9.53 Å². The van der Waals surface area contributed by atoms with E-state index in [9.17, 15) is 4.79 Å². The second-order valence-electron chi connectivity index (χ2n) is 4.72. The molecule has 2 aromatic carbocycles. The van der Waals surface area contributed by atoms with Crippen LogP contribution in [0.25, 0.3) is 0 Å². The van der Waals surface area contributed by atoms with Crippen LogP contribution < -0.4 is 10.5 Å². The molecule has 0 aliphatic carbocycles. The Labute approximate surface area is 132 Å². The fraction of sp³-hybridized carbons (Fsp3) is 0.188. The number of carbonyl (C=O) groups is 1. The quantitative estimate of drug-likeness (QED) is 0.862. The normalized spacial score (nSPS) is 10.2. The molecular formula is C16H17BrN2O2. The molecule has 4 nitrogen and oxygen atoms in total. The lowest BCUT2D eigenvalue weighted by Gasteiger charge is -2.19. The van der Waals surface area contributed by atoms with Gasteiger partial charge in [-0.2, -0.15) is 0 Å². The van der Waals surface area contributed by atoms with Crippen molar-refractivity contribution in [1.82, 2.24) is 4.90 Å². The van der Waals surface area contributed by atoms with Gasteiger partial charge in [-0.25, -0.2) is 0 Å². The Morgan fingerprint density at radius 2 is 1.90 bits per heavy atom. The van der Waals surface area contributed by atoms with E-state index in [-0.39, 0.29) is 5.91 Å². The van der Waals surface area contributed by atoms with Crippen LogP contribution >= 0.6 is 15.9 Å². The second-order valence-corrected chi connectivity index (χ2v) is 5.63. The van der Waals surface area contributed by atoms with Gasteiger partial charge in [-0.1, -0.05) is 34.1 Å². The number of rotatable bonds is 4. The minimum absolute atomic E-state index is 0.123. The summed E-state index contributed by atoms with van der Waals surface area (Å²) in [5.74, 6) is 0.298. The first kappa shape index (κ1) is 15.4. The van der Waals surface area contributed by atoms with Gasteiger partial charge in [0.25, 0.3) is 5.91 Å². The zero-order valence-electron chi connectivity index (χ0n) is 12.0. The van der Waals surface area contributed by atoms with Gasteiger partial charge in [-0.05, 0) is 29.8 Å². The van der Waals surface area contributed by atoms with E-state index in [1.807, 2.05) is 24.3 Å². The minimum Gasteiger partial charge on any atom is -0.494 e. The maximum Gasteiger partial charge on any atom is 0.257 e. The van der Waals surface area contributed by atoms with Gasteiger partial charge in [0.05, 0.1) is 18.4 Å². The van der Waals surface area contributed by atoms with Crippen LogP contribution in [0.15, 0.2) is 46.9 Å². The van der Waals surface area contributed by atoms with E-state index in [2.05, 4.69) is 15.9 Å². The monoisotopic (exact) mass is 348 g/mol. The van der Waals surface area contributed by atoms with Gasteiger partial charge in [0.1, 0.15) is 0 Å². The Morgan fingerprint density at radius 1 is 1.24 bits per heavy atom. The number of nitrogens with zero attached hydrogens (tertiary/aromatic N) is 1. The Morgan fingerprint density at radius 3 is 2.52 bits per heavy atom. The largest absolute Gasteiger partial charge is 0.494 e. The number of halogens is 1. The highest BCUT2D eigenvalue weighted by Gasteiger charge is 2.18. The molecule has 5 heteroatoms. The van der Waals surface area contributed by atoms with Crippen LogP contribution in [0.5, 0.6) is 5.75 Å². The number of amides is 1.